The maximum Gasteiger partial charge on any atom is 0.250 e. The summed E-state index contributed by atoms with van der Waals surface area (Å²) >= 11 is 6.63. The first kappa shape index (κ1) is 36.5. The summed E-state index contributed by atoms with van der Waals surface area (Å²) in [6.07, 6.45) is 0.273. The van der Waals surface area contributed by atoms with E-state index in [-0.39, 0.29) is 76.3 Å². The second-order valence-electron chi connectivity index (χ2n) is 14.9. The number of nitrogens with zero attached hydrogens (tertiary/aromatic N) is 2. The van der Waals surface area contributed by atoms with Crippen molar-refractivity contribution in [1.82, 2.24) is 14.8 Å². The highest BCUT2D eigenvalue weighted by Crippen LogP contribution is 2.56. The van der Waals surface area contributed by atoms with Crippen molar-refractivity contribution in [2.24, 2.45) is 11.8 Å². The van der Waals surface area contributed by atoms with Crippen LogP contribution in [0.15, 0.2) is 58.6 Å². The first-order valence-electron chi connectivity index (χ1n) is 18.2. The molecule has 6 atom stereocenters. The van der Waals surface area contributed by atoms with Crippen LogP contribution in [0.3, 0.4) is 0 Å². The Morgan fingerprint density at radius 1 is 1.04 bits per heavy atom. The molecule has 1 saturated heterocycles. The molecule has 288 valence electrons. The fraction of sp³-hybridized carbons (Fsp3) is 0.425. The lowest BCUT2D eigenvalue weighted by molar-refractivity contribution is -0.138. The van der Waals surface area contributed by atoms with Crippen LogP contribution < -0.4 is 34.6 Å². The number of methoxy groups -OCH3 is 2. The molecule has 1 spiro atoms. The number of fused-ring (bicyclic) bond motifs is 6. The number of benzene rings is 2. The van der Waals surface area contributed by atoms with Crippen LogP contribution in [-0.4, -0.2) is 83.7 Å². The van der Waals surface area contributed by atoms with Crippen LogP contribution in [0.1, 0.15) is 66.6 Å². The van der Waals surface area contributed by atoms with Crippen LogP contribution >= 0.6 is 11.6 Å². The molecular weight excluding hydrogens is 734 g/mol. The van der Waals surface area contributed by atoms with E-state index in [0.717, 1.165) is 12.1 Å². The number of rotatable bonds is 8. The van der Waals surface area contributed by atoms with Crippen molar-refractivity contribution in [2.75, 3.05) is 34.1 Å². The number of ether oxygens (including phenoxy) is 5. The Morgan fingerprint density at radius 3 is 2.56 bits per heavy atom. The van der Waals surface area contributed by atoms with Gasteiger partial charge in [-0.1, -0.05) is 30.7 Å². The number of piperidine rings is 1. The van der Waals surface area contributed by atoms with Gasteiger partial charge < -0.3 is 43.6 Å². The Kier molecular flexibility index (Phi) is 9.06. The number of aliphatic hydroxyl groups excluding tert-OH is 1. The summed E-state index contributed by atoms with van der Waals surface area (Å²) in [5, 5.41) is 15.1. The smallest absolute Gasteiger partial charge is 0.250 e. The van der Waals surface area contributed by atoms with Gasteiger partial charge in [0.1, 0.15) is 28.1 Å². The van der Waals surface area contributed by atoms with Crippen LogP contribution in [0.2, 0.25) is 5.02 Å². The summed E-state index contributed by atoms with van der Waals surface area (Å²) in [4.78, 5) is 70.6. The zero-order chi connectivity index (χ0) is 38.9. The normalized spacial score (nSPS) is 24.5. The molecule has 55 heavy (non-hydrogen) atoms. The van der Waals surface area contributed by atoms with Gasteiger partial charge in [0.05, 0.1) is 14.2 Å². The standard InChI is InChI=1S/C40H40ClN3O11/c1-19-10-26(45)33(37(48)40(19)38(49)34-29(51-3)14-30(52-4)35(41)36(34)55-40)24(22-8-9-27-28(12-22)54-18-53-27)13-31(46)42-20(2)39(50)43-15-21-11-23(17-43)25-6-5-7-32(47)44(25)16-21/h5-9,12,14,19-21,23-24,48H,10-11,13,15-18H2,1-4H3,(H,42,46). The number of aliphatic hydroxyl groups is 1. The van der Waals surface area contributed by atoms with Crippen LogP contribution in [0.25, 0.3) is 0 Å². The van der Waals surface area contributed by atoms with Gasteiger partial charge >= 0.3 is 0 Å². The molecule has 1 fully saturated rings. The van der Waals surface area contributed by atoms with Crippen molar-refractivity contribution in [2.45, 2.75) is 63.1 Å². The molecule has 0 radical (unpaired) electrons. The number of aromatic nitrogens is 1. The lowest BCUT2D eigenvalue weighted by Gasteiger charge is -2.43. The maximum atomic E-state index is 14.5. The number of carbonyl (C=O) groups excluding carboxylic acids is 4. The van der Waals surface area contributed by atoms with Gasteiger partial charge in [0.2, 0.25) is 30.0 Å². The molecular formula is C40H40ClN3O11. The van der Waals surface area contributed by atoms with Crippen molar-refractivity contribution in [3.05, 3.63) is 86.0 Å². The number of amides is 2. The minimum Gasteiger partial charge on any atom is -0.507 e. The molecule has 2 aromatic carbocycles. The average Bonchev–Trinajstić information content (AvgIpc) is 3.77. The van der Waals surface area contributed by atoms with Crippen molar-refractivity contribution in [1.29, 1.82) is 0 Å². The summed E-state index contributed by atoms with van der Waals surface area (Å²) in [5.74, 6) is -3.45. The summed E-state index contributed by atoms with van der Waals surface area (Å²) in [7, 11) is 2.77. The van der Waals surface area contributed by atoms with E-state index in [1.165, 1.54) is 20.3 Å². The molecule has 1 aromatic heterocycles. The predicted octanol–water partition coefficient (Wildman–Crippen LogP) is 4.31. The average molecular weight is 774 g/mol. The molecule has 3 aromatic rings. The van der Waals surface area contributed by atoms with Gasteiger partial charge in [-0.05, 0) is 43.0 Å². The summed E-state index contributed by atoms with van der Waals surface area (Å²) in [5.41, 5.74) is -1.00. The highest BCUT2D eigenvalue weighted by atomic mass is 35.5. The fourth-order valence-electron chi connectivity index (χ4n) is 8.95. The number of allylic oxidation sites excluding steroid dienone is 1. The fourth-order valence-corrected chi connectivity index (χ4v) is 9.22. The number of nitrogens with one attached hydrogen (secondary N) is 1. The Morgan fingerprint density at radius 2 is 1.80 bits per heavy atom. The zero-order valence-corrected chi connectivity index (χ0v) is 31.4. The molecule has 6 unspecified atom stereocenters. The molecule has 15 heteroatoms. The van der Waals surface area contributed by atoms with E-state index >= 15 is 0 Å². The predicted molar refractivity (Wildman–Crippen MR) is 196 cm³/mol. The second-order valence-corrected chi connectivity index (χ2v) is 15.2. The lowest BCUT2D eigenvalue weighted by Crippen LogP contribution is -2.54. The monoisotopic (exact) mass is 773 g/mol. The molecule has 4 aliphatic heterocycles. The number of carbonyl (C=O) groups is 4. The highest BCUT2D eigenvalue weighted by Gasteiger charge is 2.61. The number of ketones is 2. The third-order valence-electron chi connectivity index (χ3n) is 11.6. The number of pyridine rings is 1. The maximum absolute atomic E-state index is 14.5. The number of hydrogen-bond donors (Lipinski definition) is 2. The second kappa shape index (κ2) is 13.7. The van der Waals surface area contributed by atoms with Gasteiger partial charge in [0, 0.05) is 73.6 Å². The van der Waals surface area contributed by atoms with Gasteiger partial charge in [-0.25, -0.2) is 0 Å². The van der Waals surface area contributed by atoms with E-state index in [9.17, 15) is 29.1 Å². The minimum atomic E-state index is -2.07. The van der Waals surface area contributed by atoms with E-state index in [2.05, 4.69) is 5.32 Å². The Labute approximate surface area is 320 Å². The van der Waals surface area contributed by atoms with Crippen molar-refractivity contribution < 1.29 is 48.0 Å². The third-order valence-corrected chi connectivity index (χ3v) is 11.9. The van der Waals surface area contributed by atoms with Crippen molar-refractivity contribution in [3.63, 3.8) is 0 Å². The molecule has 2 amide bonds. The van der Waals surface area contributed by atoms with Crippen LogP contribution in [0.4, 0.5) is 0 Å². The third kappa shape index (κ3) is 5.80. The topological polar surface area (TPSA) is 172 Å². The summed E-state index contributed by atoms with van der Waals surface area (Å²) in [6, 6.07) is 10.6. The molecule has 5 heterocycles. The molecule has 2 bridgehead atoms. The van der Waals surface area contributed by atoms with Crippen LogP contribution in [-0.2, 0) is 20.9 Å². The van der Waals surface area contributed by atoms with Gasteiger partial charge in [-0.15, -0.1) is 0 Å². The number of halogens is 1. The molecule has 1 aliphatic carbocycles. The Balaban J connectivity index is 1.11. The number of Topliss-reactive ketones (excluding diaryl/α,β-unsaturated/α-hetero) is 2. The lowest BCUT2D eigenvalue weighted by atomic mass is 9.69. The van der Waals surface area contributed by atoms with Crippen molar-refractivity contribution >= 4 is 35.0 Å². The summed E-state index contributed by atoms with van der Waals surface area (Å²) in [6.45, 7) is 4.57. The van der Waals surface area contributed by atoms with Gasteiger partial charge in [0.25, 0.3) is 5.56 Å². The SMILES string of the molecule is COc1cc(OC)c2c(c1Cl)OC1(C2=O)C(O)=C(C(CC(=O)NC(C)C(=O)N2CC3CC(C2)c2cccc(=O)n2C3)c2ccc3c(c2)OCO3)C(=O)CC1C. The molecule has 8 rings (SSSR count). The Hall–Kier alpha value is -5.50. The van der Waals surface area contributed by atoms with E-state index in [4.69, 9.17) is 35.3 Å². The van der Waals surface area contributed by atoms with E-state index in [0.29, 0.717) is 36.7 Å². The van der Waals surface area contributed by atoms with Crippen LogP contribution in [0, 0.1) is 11.8 Å². The van der Waals surface area contributed by atoms with E-state index in [1.807, 2.05) is 6.07 Å². The summed E-state index contributed by atoms with van der Waals surface area (Å²) < 4.78 is 30.1. The van der Waals surface area contributed by atoms with E-state index < -0.39 is 46.7 Å². The minimum absolute atomic E-state index is 0.00632. The van der Waals surface area contributed by atoms with E-state index in [1.54, 1.807) is 53.6 Å². The highest BCUT2D eigenvalue weighted by molar-refractivity contribution is 6.35. The largest absolute Gasteiger partial charge is 0.507 e. The van der Waals surface area contributed by atoms with Crippen LogP contribution in [0.5, 0.6) is 28.7 Å². The Bertz CT molecular complexity index is 2250. The molecule has 14 nitrogen and oxygen atoms in total. The quantitative estimate of drug-likeness (QED) is 0.334. The molecule has 0 saturated carbocycles. The zero-order valence-electron chi connectivity index (χ0n) is 30.7. The molecule has 5 aliphatic rings. The number of hydrogen-bond acceptors (Lipinski definition) is 11. The van der Waals surface area contributed by atoms with Crippen molar-refractivity contribution in [3.8, 4) is 28.7 Å². The van der Waals surface area contributed by atoms with Gasteiger partial charge in [0.15, 0.2) is 28.8 Å². The number of likely N-dealkylation sites (tertiary alicyclic amines) is 1. The molecule has 2 N–H and O–H groups in total. The van der Waals surface area contributed by atoms with Gasteiger partial charge in [-0.2, -0.15) is 0 Å². The first-order valence-corrected chi connectivity index (χ1v) is 18.6. The van der Waals surface area contributed by atoms with Gasteiger partial charge in [-0.3, -0.25) is 24.0 Å². The first-order chi connectivity index (χ1) is 26.4.